The van der Waals surface area contributed by atoms with E-state index in [0.29, 0.717) is 0 Å². The van der Waals surface area contributed by atoms with Crippen LogP contribution in [0.25, 0.3) is 0 Å². The summed E-state index contributed by atoms with van der Waals surface area (Å²) in [5.41, 5.74) is 8.81. The molecule has 1 atom stereocenters. The number of benzene rings is 4. The summed E-state index contributed by atoms with van der Waals surface area (Å²) < 4.78 is 10.9. The standard InChI is InChI=1S/C31H28N2O6/c32-28(15-21-11-13-27(34)14-12-21)29(35)33-26-17-24(30(36)38-19-22-7-3-1-4-8-22)16-25(18-26)31(37)39-20-23-9-5-2-6-10-23/h1-14,16-18,28,34H,15,19-20,32H2,(H,33,35)/t28-/m0/s1. The zero-order valence-electron chi connectivity index (χ0n) is 21.1. The minimum atomic E-state index is -0.920. The molecule has 4 N–H and O–H groups in total. The summed E-state index contributed by atoms with van der Waals surface area (Å²) >= 11 is 0. The van der Waals surface area contributed by atoms with Gasteiger partial charge in [0.05, 0.1) is 17.2 Å². The highest BCUT2D eigenvalue weighted by molar-refractivity contribution is 6.00. The molecule has 0 aliphatic heterocycles. The van der Waals surface area contributed by atoms with Crippen molar-refractivity contribution in [1.82, 2.24) is 0 Å². The van der Waals surface area contributed by atoms with E-state index in [1.165, 1.54) is 30.3 Å². The van der Waals surface area contributed by atoms with Crippen LogP contribution in [0.5, 0.6) is 5.75 Å². The molecule has 0 radical (unpaired) electrons. The first-order valence-electron chi connectivity index (χ1n) is 12.3. The summed E-state index contributed by atoms with van der Waals surface area (Å²) in [5, 5.41) is 12.1. The van der Waals surface area contributed by atoms with Crippen LogP contribution in [0.3, 0.4) is 0 Å². The van der Waals surface area contributed by atoms with Crippen molar-refractivity contribution in [3.05, 3.63) is 131 Å². The van der Waals surface area contributed by atoms with Crippen molar-refractivity contribution < 1.29 is 29.0 Å². The highest BCUT2D eigenvalue weighted by Crippen LogP contribution is 2.19. The SMILES string of the molecule is N[C@@H](Cc1ccc(O)cc1)C(=O)Nc1cc(C(=O)OCc2ccccc2)cc(C(=O)OCc2ccccc2)c1. The third-order valence-electron chi connectivity index (χ3n) is 5.83. The largest absolute Gasteiger partial charge is 0.508 e. The Kier molecular flexibility index (Phi) is 9.05. The maximum Gasteiger partial charge on any atom is 0.338 e. The Morgan fingerprint density at radius 3 is 1.67 bits per heavy atom. The van der Waals surface area contributed by atoms with Crippen LogP contribution < -0.4 is 11.1 Å². The van der Waals surface area contributed by atoms with Crippen LogP contribution in [0.15, 0.2) is 103 Å². The highest BCUT2D eigenvalue weighted by Gasteiger charge is 2.19. The molecule has 0 aliphatic carbocycles. The molecule has 4 rings (SSSR count). The van der Waals surface area contributed by atoms with E-state index in [4.69, 9.17) is 15.2 Å². The maximum atomic E-state index is 12.9. The number of hydrogen-bond donors (Lipinski definition) is 3. The van der Waals surface area contributed by atoms with Crippen LogP contribution in [0, 0.1) is 0 Å². The van der Waals surface area contributed by atoms with Crippen molar-refractivity contribution in [1.29, 1.82) is 0 Å². The van der Waals surface area contributed by atoms with E-state index in [9.17, 15) is 19.5 Å². The lowest BCUT2D eigenvalue weighted by molar-refractivity contribution is -0.117. The molecule has 8 heteroatoms. The van der Waals surface area contributed by atoms with E-state index in [1.54, 1.807) is 12.1 Å². The molecule has 8 nitrogen and oxygen atoms in total. The number of carbonyl (C=O) groups is 3. The number of rotatable bonds is 10. The number of phenolic OH excluding ortho intramolecular Hbond substituents is 1. The first kappa shape index (κ1) is 27.1. The Hall–Kier alpha value is -4.95. The number of esters is 2. The number of hydrogen-bond acceptors (Lipinski definition) is 7. The van der Waals surface area contributed by atoms with Gasteiger partial charge in [-0.25, -0.2) is 9.59 Å². The van der Waals surface area contributed by atoms with Gasteiger partial charge in [-0.15, -0.1) is 0 Å². The van der Waals surface area contributed by atoms with E-state index in [2.05, 4.69) is 5.32 Å². The summed E-state index contributed by atoms with van der Waals surface area (Å²) in [4.78, 5) is 38.6. The summed E-state index contributed by atoms with van der Waals surface area (Å²) in [6, 6.07) is 28.0. The molecule has 39 heavy (non-hydrogen) atoms. The lowest BCUT2D eigenvalue weighted by atomic mass is 10.1. The smallest absolute Gasteiger partial charge is 0.338 e. The van der Waals surface area contributed by atoms with Gasteiger partial charge in [-0.1, -0.05) is 72.8 Å². The van der Waals surface area contributed by atoms with Gasteiger partial charge in [0, 0.05) is 5.69 Å². The second kappa shape index (κ2) is 13.0. The molecule has 4 aromatic carbocycles. The van der Waals surface area contributed by atoms with E-state index in [0.717, 1.165) is 16.7 Å². The van der Waals surface area contributed by atoms with Crippen LogP contribution in [0.4, 0.5) is 5.69 Å². The van der Waals surface area contributed by atoms with Gasteiger partial charge in [-0.2, -0.15) is 0 Å². The number of anilines is 1. The molecule has 0 saturated carbocycles. The van der Waals surface area contributed by atoms with Gasteiger partial charge in [-0.3, -0.25) is 4.79 Å². The molecule has 198 valence electrons. The van der Waals surface area contributed by atoms with Crippen molar-refractivity contribution in [2.75, 3.05) is 5.32 Å². The predicted molar refractivity (Wildman–Crippen MR) is 146 cm³/mol. The Balaban J connectivity index is 1.51. The molecule has 4 aromatic rings. The molecule has 0 unspecified atom stereocenters. The average Bonchev–Trinajstić information content (AvgIpc) is 2.96. The van der Waals surface area contributed by atoms with Gasteiger partial charge in [0.25, 0.3) is 0 Å². The molecule has 0 saturated heterocycles. The third-order valence-corrected chi connectivity index (χ3v) is 5.83. The van der Waals surface area contributed by atoms with Crippen LogP contribution in [-0.2, 0) is 33.9 Å². The number of nitrogens with two attached hydrogens (primary N) is 1. The zero-order chi connectivity index (χ0) is 27.6. The van der Waals surface area contributed by atoms with Crippen molar-refractivity contribution in [2.24, 2.45) is 5.73 Å². The fourth-order valence-corrected chi connectivity index (χ4v) is 3.76. The fourth-order valence-electron chi connectivity index (χ4n) is 3.76. The van der Waals surface area contributed by atoms with Crippen LogP contribution in [-0.4, -0.2) is 29.0 Å². The number of aromatic hydroxyl groups is 1. The first-order chi connectivity index (χ1) is 18.9. The van der Waals surface area contributed by atoms with Crippen LogP contribution in [0.2, 0.25) is 0 Å². The van der Waals surface area contributed by atoms with Crippen molar-refractivity contribution >= 4 is 23.5 Å². The second-order valence-corrected chi connectivity index (χ2v) is 8.89. The van der Waals surface area contributed by atoms with Gasteiger partial charge in [0.2, 0.25) is 5.91 Å². The van der Waals surface area contributed by atoms with Gasteiger partial charge in [0.1, 0.15) is 19.0 Å². The molecular formula is C31H28N2O6. The Morgan fingerprint density at radius 1 is 0.692 bits per heavy atom. The normalized spacial score (nSPS) is 11.3. The number of ether oxygens (including phenoxy) is 2. The Labute approximate surface area is 226 Å². The first-order valence-corrected chi connectivity index (χ1v) is 12.3. The van der Waals surface area contributed by atoms with Gasteiger partial charge in [-0.05, 0) is 53.4 Å². The van der Waals surface area contributed by atoms with Crippen molar-refractivity contribution in [2.45, 2.75) is 25.7 Å². The lowest BCUT2D eigenvalue weighted by Gasteiger charge is -2.15. The van der Waals surface area contributed by atoms with Crippen molar-refractivity contribution in [3.8, 4) is 5.75 Å². The minimum absolute atomic E-state index is 0.0432. The number of nitrogens with one attached hydrogen (secondary N) is 1. The van der Waals surface area contributed by atoms with Gasteiger partial charge >= 0.3 is 11.9 Å². The molecule has 0 spiro atoms. The van der Waals surface area contributed by atoms with Gasteiger partial charge in [0.15, 0.2) is 0 Å². The number of phenols is 1. The molecule has 0 aliphatic rings. The second-order valence-electron chi connectivity index (χ2n) is 8.89. The average molecular weight is 525 g/mol. The summed E-state index contributed by atoms with van der Waals surface area (Å²) in [7, 11) is 0. The molecule has 0 heterocycles. The summed E-state index contributed by atoms with van der Waals surface area (Å²) in [6.45, 7) is 0.0864. The third kappa shape index (κ3) is 8.02. The van der Waals surface area contributed by atoms with E-state index in [1.807, 2.05) is 60.7 Å². The van der Waals surface area contributed by atoms with E-state index < -0.39 is 23.9 Å². The van der Waals surface area contributed by atoms with Gasteiger partial charge < -0.3 is 25.6 Å². The molecule has 0 bridgehead atoms. The topological polar surface area (TPSA) is 128 Å². The number of amides is 1. The molecule has 1 amide bonds. The Morgan fingerprint density at radius 2 is 1.18 bits per heavy atom. The molecular weight excluding hydrogens is 496 g/mol. The van der Waals surface area contributed by atoms with Crippen LogP contribution in [0.1, 0.15) is 37.4 Å². The fraction of sp³-hybridized carbons (Fsp3) is 0.129. The molecule has 0 fully saturated rings. The predicted octanol–water partition coefficient (Wildman–Crippen LogP) is 4.61. The Bertz CT molecular complexity index is 1350. The quantitative estimate of drug-likeness (QED) is 0.258. The lowest BCUT2D eigenvalue weighted by Crippen LogP contribution is -2.37. The van der Waals surface area contributed by atoms with E-state index >= 15 is 0 Å². The summed E-state index contributed by atoms with van der Waals surface area (Å²) in [6.07, 6.45) is 0.219. The number of carbonyl (C=O) groups excluding carboxylic acids is 3. The monoisotopic (exact) mass is 524 g/mol. The molecule has 0 aromatic heterocycles. The van der Waals surface area contributed by atoms with Crippen molar-refractivity contribution in [3.63, 3.8) is 0 Å². The minimum Gasteiger partial charge on any atom is -0.508 e. The maximum absolute atomic E-state index is 12.9. The highest BCUT2D eigenvalue weighted by atomic mass is 16.5. The zero-order valence-corrected chi connectivity index (χ0v) is 21.1. The van der Waals surface area contributed by atoms with Crippen LogP contribution >= 0.6 is 0 Å². The summed E-state index contributed by atoms with van der Waals surface area (Å²) in [5.74, 6) is -1.73. The van der Waals surface area contributed by atoms with E-state index in [-0.39, 0.29) is 42.2 Å².